The molecule has 3 amide bonds. The van der Waals surface area contributed by atoms with E-state index in [0.717, 1.165) is 0 Å². The zero-order valence-electron chi connectivity index (χ0n) is 5.70. The first-order valence-corrected chi connectivity index (χ1v) is 3.44. The summed E-state index contributed by atoms with van der Waals surface area (Å²) in [6.45, 7) is 0. The van der Waals surface area contributed by atoms with E-state index >= 15 is 0 Å². The molecule has 0 aromatic rings. The standard InChI is InChI=1S/C5H5ClN2O4/c6-1-2(4(10)11)7-5(12)8-3(1)9/h1-2H,(H,10,11)(H2,7,8,9,12). The van der Waals surface area contributed by atoms with E-state index < -0.39 is 29.3 Å². The second kappa shape index (κ2) is 2.98. The molecule has 0 spiro atoms. The van der Waals surface area contributed by atoms with Crippen LogP contribution in [-0.4, -0.2) is 34.4 Å². The van der Waals surface area contributed by atoms with Crippen molar-refractivity contribution in [1.82, 2.24) is 10.6 Å². The van der Waals surface area contributed by atoms with Crippen LogP contribution in [0.4, 0.5) is 4.79 Å². The van der Waals surface area contributed by atoms with Crippen molar-refractivity contribution in [2.45, 2.75) is 11.4 Å². The topological polar surface area (TPSA) is 95.5 Å². The minimum Gasteiger partial charge on any atom is -0.480 e. The van der Waals surface area contributed by atoms with Gasteiger partial charge in [-0.05, 0) is 0 Å². The Hall–Kier alpha value is -1.30. The number of carboxylic acid groups (broad SMARTS) is 1. The number of rotatable bonds is 1. The van der Waals surface area contributed by atoms with Gasteiger partial charge in [0.15, 0.2) is 6.04 Å². The SMILES string of the molecule is O=C1NC(=O)C(Cl)C(C(=O)O)N1. The molecule has 0 aromatic carbocycles. The summed E-state index contributed by atoms with van der Waals surface area (Å²) in [5, 5.41) is 11.0. The Morgan fingerprint density at radius 1 is 1.50 bits per heavy atom. The van der Waals surface area contributed by atoms with Crippen LogP contribution in [0.5, 0.6) is 0 Å². The van der Waals surface area contributed by atoms with Gasteiger partial charge in [-0.1, -0.05) is 0 Å². The summed E-state index contributed by atoms with van der Waals surface area (Å²) in [6, 6.07) is -2.20. The third-order valence-electron chi connectivity index (χ3n) is 1.33. The van der Waals surface area contributed by atoms with E-state index in [0.29, 0.717) is 0 Å². The molecule has 12 heavy (non-hydrogen) atoms. The Kier molecular flexibility index (Phi) is 2.18. The lowest BCUT2D eigenvalue weighted by Crippen LogP contribution is -2.61. The molecule has 1 heterocycles. The summed E-state index contributed by atoms with van der Waals surface area (Å²) in [6.07, 6.45) is 0. The minimum atomic E-state index is -1.35. The number of aliphatic carboxylic acids is 1. The zero-order chi connectivity index (χ0) is 9.30. The molecule has 2 atom stereocenters. The fourth-order valence-corrected chi connectivity index (χ4v) is 0.995. The predicted molar refractivity (Wildman–Crippen MR) is 37.7 cm³/mol. The maximum Gasteiger partial charge on any atom is 0.328 e. The number of alkyl halides is 1. The number of nitrogens with one attached hydrogen (secondary N) is 2. The first-order chi connectivity index (χ1) is 5.52. The summed E-state index contributed by atoms with van der Waals surface area (Å²) in [5.74, 6) is -2.13. The normalized spacial score (nSPS) is 29.1. The molecule has 0 bridgehead atoms. The van der Waals surface area contributed by atoms with Crippen LogP contribution in [0.1, 0.15) is 0 Å². The van der Waals surface area contributed by atoms with Crippen molar-refractivity contribution >= 4 is 29.5 Å². The van der Waals surface area contributed by atoms with Gasteiger partial charge in [-0.3, -0.25) is 10.1 Å². The lowest BCUT2D eigenvalue weighted by Gasteiger charge is -2.23. The van der Waals surface area contributed by atoms with Crippen molar-refractivity contribution < 1.29 is 19.5 Å². The number of amides is 3. The Morgan fingerprint density at radius 3 is 2.58 bits per heavy atom. The molecular formula is C5H5ClN2O4. The maximum atomic E-state index is 10.8. The quantitative estimate of drug-likeness (QED) is 0.459. The number of hydrogen-bond donors (Lipinski definition) is 3. The Balaban J connectivity index is 2.79. The fraction of sp³-hybridized carbons (Fsp3) is 0.400. The average molecular weight is 193 g/mol. The predicted octanol–water partition coefficient (Wildman–Crippen LogP) is -1.11. The van der Waals surface area contributed by atoms with Gasteiger partial charge in [0.05, 0.1) is 0 Å². The molecular weight excluding hydrogens is 188 g/mol. The number of halogens is 1. The highest BCUT2D eigenvalue weighted by molar-refractivity contribution is 6.34. The van der Waals surface area contributed by atoms with E-state index in [1.54, 1.807) is 0 Å². The van der Waals surface area contributed by atoms with Crippen LogP contribution in [0, 0.1) is 0 Å². The lowest BCUT2D eigenvalue weighted by atomic mass is 10.1. The highest BCUT2D eigenvalue weighted by Crippen LogP contribution is 2.07. The third kappa shape index (κ3) is 1.48. The molecule has 1 rings (SSSR count). The van der Waals surface area contributed by atoms with Crippen LogP contribution >= 0.6 is 11.6 Å². The van der Waals surface area contributed by atoms with Gasteiger partial charge in [0.25, 0.3) is 0 Å². The Morgan fingerprint density at radius 2 is 2.08 bits per heavy atom. The van der Waals surface area contributed by atoms with Crippen molar-refractivity contribution in [3.05, 3.63) is 0 Å². The summed E-state index contributed by atoms with van der Waals surface area (Å²) in [4.78, 5) is 31.7. The number of hydrogen-bond acceptors (Lipinski definition) is 3. The van der Waals surface area contributed by atoms with Crippen LogP contribution in [0.25, 0.3) is 0 Å². The van der Waals surface area contributed by atoms with Crippen molar-refractivity contribution in [3.63, 3.8) is 0 Å². The van der Waals surface area contributed by atoms with Crippen LogP contribution in [0.15, 0.2) is 0 Å². The molecule has 7 heteroatoms. The molecule has 1 fully saturated rings. The summed E-state index contributed by atoms with van der Waals surface area (Å²) >= 11 is 5.39. The van der Waals surface area contributed by atoms with Crippen LogP contribution in [-0.2, 0) is 9.59 Å². The van der Waals surface area contributed by atoms with Gasteiger partial charge >= 0.3 is 12.0 Å². The van der Waals surface area contributed by atoms with Gasteiger partial charge in [-0.15, -0.1) is 11.6 Å². The van der Waals surface area contributed by atoms with Crippen LogP contribution in [0.3, 0.4) is 0 Å². The molecule has 0 saturated carbocycles. The minimum absolute atomic E-state index is 0.798. The largest absolute Gasteiger partial charge is 0.480 e. The van der Waals surface area contributed by atoms with Gasteiger partial charge in [0.1, 0.15) is 5.38 Å². The molecule has 0 radical (unpaired) electrons. The lowest BCUT2D eigenvalue weighted by molar-refractivity contribution is -0.141. The smallest absolute Gasteiger partial charge is 0.328 e. The average Bonchev–Trinajstić information content (AvgIpc) is 1.96. The van der Waals surface area contributed by atoms with E-state index in [9.17, 15) is 14.4 Å². The molecule has 66 valence electrons. The molecule has 2 unspecified atom stereocenters. The highest BCUT2D eigenvalue weighted by Gasteiger charge is 2.38. The molecule has 1 aliphatic heterocycles. The highest BCUT2D eigenvalue weighted by atomic mass is 35.5. The fourth-order valence-electron chi connectivity index (χ4n) is 0.770. The Labute approximate surface area is 71.9 Å². The van der Waals surface area contributed by atoms with Gasteiger partial charge in [-0.25, -0.2) is 9.59 Å². The van der Waals surface area contributed by atoms with Crippen LogP contribution < -0.4 is 10.6 Å². The molecule has 1 saturated heterocycles. The Bertz CT molecular complexity index is 254. The van der Waals surface area contributed by atoms with Gasteiger partial charge in [0.2, 0.25) is 5.91 Å². The van der Waals surface area contributed by atoms with Crippen molar-refractivity contribution in [3.8, 4) is 0 Å². The van der Waals surface area contributed by atoms with E-state index in [2.05, 4.69) is 0 Å². The maximum absolute atomic E-state index is 10.8. The van der Waals surface area contributed by atoms with Crippen molar-refractivity contribution in [2.24, 2.45) is 0 Å². The number of imide groups is 1. The van der Waals surface area contributed by atoms with Crippen molar-refractivity contribution in [1.29, 1.82) is 0 Å². The van der Waals surface area contributed by atoms with E-state index in [-0.39, 0.29) is 0 Å². The van der Waals surface area contributed by atoms with Gasteiger partial charge in [-0.2, -0.15) is 0 Å². The van der Waals surface area contributed by atoms with E-state index in [4.69, 9.17) is 16.7 Å². The number of carboxylic acids is 1. The molecule has 3 N–H and O–H groups in total. The number of carbonyl (C=O) groups is 3. The molecule has 6 nitrogen and oxygen atoms in total. The molecule has 0 aromatic heterocycles. The summed E-state index contributed by atoms with van der Waals surface area (Å²) in [5.41, 5.74) is 0. The number of carbonyl (C=O) groups excluding carboxylic acids is 2. The van der Waals surface area contributed by atoms with E-state index in [1.165, 1.54) is 0 Å². The third-order valence-corrected chi connectivity index (χ3v) is 1.78. The monoisotopic (exact) mass is 192 g/mol. The molecule has 1 aliphatic rings. The number of urea groups is 1. The van der Waals surface area contributed by atoms with Gasteiger partial charge < -0.3 is 10.4 Å². The first-order valence-electron chi connectivity index (χ1n) is 3.00. The van der Waals surface area contributed by atoms with Crippen molar-refractivity contribution in [2.75, 3.05) is 0 Å². The second-order valence-electron chi connectivity index (χ2n) is 2.18. The first kappa shape index (κ1) is 8.79. The van der Waals surface area contributed by atoms with Crippen LogP contribution in [0.2, 0.25) is 0 Å². The van der Waals surface area contributed by atoms with E-state index in [1.807, 2.05) is 10.6 Å². The summed E-state index contributed by atoms with van der Waals surface area (Å²) < 4.78 is 0. The zero-order valence-corrected chi connectivity index (χ0v) is 6.46. The summed E-state index contributed by atoms with van der Waals surface area (Å²) in [7, 11) is 0. The van der Waals surface area contributed by atoms with Gasteiger partial charge in [0, 0.05) is 0 Å². The molecule has 0 aliphatic carbocycles. The second-order valence-corrected chi connectivity index (χ2v) is 2.65.